The van der Waals surface area contributed by atoms with Gasteiger partial charge in [0.25, 0.3) is 0 Å². The molecule has 2 rings (SSSR count). The van der Waals surface area contributed by atoms with Crippen LogP contribution in [0, 0.1) is 13.8 Å². The van der Waals surface area contributed by atoms with Gasteiger partial charge in [-0.3, -0.25) is 0 Å². The van der Waals surface area contributed by atoms with Crippen LogP contribution < -0.4 is 5.32 Å². The maximum atomic E-state index is 3.68. The first-order valence-electron chi connectivity index (χ1n) is 6.22. The Hall–Kier alpha value is -0.640. The van der Waals surface area contributed by atoms with Crippen molar-refractivity contribution < 1.29 is 0 Å². The van der Waals surface area contributed by atoms with Crippen LogP contribution in [0.3, 0.4) is 0 Å². The Bertz CT molecular complexity index is 593. The normalized spacial score (nSPS) is 12.5. The largest absolute Gasteiger partial charge is 0.309 e. The maximum absolute atomic E-state index is 3.68. The molecule has 2 aromatic rings. The molecule has 0 bridgehead atoms. The van der Waals surface area contributed by atoms with Gasteiger partial charge in [0.2, 0.25) is 0 Å². The third-order valence-corrected chi connectivity index (χ3v) is 4.79. The van der Waals surface area contributed by atoms with Crippen LogP contribution in [0.15, 0.2) is 45.3 Å². The molecular weight excluding hydrogens is 366 g/mol. The molecule has 0 saturated heterocycles. The minimum Gasteiger partial charge on any atom is -0.309 e. The number of aryl methyl sites for hydroxylation is 2. The molecule has 1 atom stereocenters. The fourth-order valence-electron chi connectivity index (χ4n) is 2.23. The van der Waals surface area contributed by atoms with Gasteiger partial charge in [-0.1, -0.05) is 61.7 Å². The molecule has 0 aliphatic carbocycles. The third kappa shape index (κ3) is 3.28. The summed E-state index contributed by atoms with van der Waals surface area (Å²) in [6.45, 7) is 4.22. The molecule has 0 amide bonds. The van der Waals surface area contributed by atoms with Crippen molar-refractivity contribution in [2.24, 2.45) is 0 Å². The highest BCUT2D eigenvalue weighted by Gasteiger charge is 2.16. The standard InChI is InChI=1S/C16H17Br2N/c1-10-5-4-6-12(7-10)16(19-3)13-9-14(17)11(2)8-15(13)18/h4-9,16,19H,1-3H3. The van der Waals surface area contributed by atoms with Crippen LogP contribution in [0.1, 0.15) is 28.3 Å². The van der Waals surface area contributed by atoms with Gasteiger partial charge in [0.1, 0.15) is 0 Å². The second-order valence-corrected chi connectivity index (χ2v) is 6.47. The Labute approximate surface area is 131 Å². The number of hydrogen-bond acceptors (Lipinski definition) is 1. The van der Waals surface area contributed by atoms with Gasteiger partial charge in [-0.05, 0) is 49.7 Å². The molecule has 0 radical (unpaired) electrons. The summed E-state index contributed by atoms with van der Waals surface area (Å²) < 4.78 is 2.27. The van der Waals surface area contributed by atoms with Crippen molar-refractivity contribution >= 4 is 31.9 Å². The summed E-state index contributed by atoms with van der Waals surface area (Å²) in [5, 5.41) is 3.40. The molecule has 2 aromatic carbocycles. The van der Waals surface area contributed by atoms with Gasteiger partial charge in [-0.2, -0.15) is 0 Å². The van der Waals surface area contributed by atoms with Crippen LogP contribution in [-0.4, -0.2) is 7.05 Å². The van der Waals surface area contributed by atoms with Crippen molar-refractivity contribution in [3.63, 3.8) is 0 Å². The SMILES string of the molecule is CNC(c1cccc(C)c1)c1cc(Br)c(C)cc1Br. The van der Waals surface area contributed by atoms with E-state index in [0.717, 1.165) is 8.95 Å². The molecule has 1 nitrogen and oxygen atoms in total. The minimum atomic E-state index is 0.186. The van der Waals surface area contributed by atoms with E-state index in [-0.39, 0.29) is 6.04 Å². The van der Waals surface area contributed by atoms with E-state index in [9.17, 15) is 0 Å². The van der Waals surface area contributed by atoms with Crippen molar-refractivity contribution in [2.75, 3.05) is 7.05 Å². The smallest absolute Gasteiger partial charge is 0.0585 e. The van der Waals surface area contributed by atoms with Crippen molar-refractivity contribution in [3.8, 4) is 0 Å². The fourth-order valence-corrected chi connectivity index (χ4v) is 3.28. The van der Waals surface area contributed by atoms with E-state index in [1.165, 1.54) is 22.3 Å². The summed E-state index contributed by atoms with van der Waals surface area (Å²) in [5.74, 6) is 0. The first-order chi connectivity index (χ1) is 9.02. The Morgan fingerprint density at radius 3 is 2.37 bits per heavy atom. The van der Waals surface area contributed by atoms with E-state index in [1.54, 1.807) is 0 Å². The van der Waals surface area contributed by atoms with Gasteiger partial charge in [0.15, 0.2) is 0 Å². The van der Waals surface area contributed by atoms with E-state index in [0.29, 0.717) is 0 Å². The third-order valence-electron chi connectivity index (χ3n) is 3.25. The Kier molecular flexibility index (Phi) is 4.82. The van der Waals surface area contributed by atoms with Gasteiger partial charge in [-0.15, -0.1) is 0 Å². The molecule has 0 saturated carbocycles. The van der Waals surface area contributed by atoms with Gasteiger partial charge in [0.05, 0.1) is 6.04 Å². The highest BCUT2D eigenvalue weighted by molar-refractivity contribution is 9.11. The van der Waals surface area contributed by atoms with E-state index < -0.39 is 0 Å². The van der Waals surface area contributed by atoms with E-state index in [1.807, 2.05) is 7.05 Å². The molecule has 1 unspecified atom stereocenters. The highest BCUT2D eigenvalue weighted by atomic mass is 79.9. The second-order valence-electron chi connectivity index (χ2n) is 4.76. The first kappa shape index (κ1) is 14.8. The maximum Gasteiger partial charge on any atom is 0.0585 e. The average Bonchev–Trinajstić information content (AvgIpc) is 2.36. The fraction of sp³-hybridized carbons (Fsp3) is 0.250. The van der Waals surface area contributed by atoms with Gasteiger partial charge < -0.3 is 5.32 Å². The van der Waals surface area contributed by atoms with Crippen molar-refractivity contribution in [1.29, 1.82) is 0 Å². The second kappa shape index (κ2) is 6.21. The molecule has 0 fully saturated rings. The number of halogens is 2. The lowest BCUT2D eigenvalue weighted by atomic mass is 9.97. The van der Waals surface area contributed by atoms with Gasteiger partial charge >= 0.3 is 0 Å². The van der Waals surface area contributed by atoms with Crippen molar-refractivity contribution in [3.05, 3.63) is 67.6 Å². The van der Waals surface area contributed by atoms with Crippen LogP contribution in [0.2, 0.25) is 0 Å². The monoisotopic (exact) mass is 381 g/mol. The zero-order chi connectivity index (χ0) is 14.0. The average molecular weight is 383 g/mol. The zero-order valence-electron chi connectivity index (χ0n) is 11.3. The summed E-state index contributed by atoms with van der Waals surface area (Å²) in [6, 6.07) is 13.1. The summed E-state index contributed by atoms with van der Waals surface area (Å²) in [7, 11) is 1.99. The Morgan fingerprint density at radius 1 is 1.00 bits per heavy atom. The summed E-state index contributed by atoms with van der Waals surface area (Å²) >= 11 is 7.29. The number of hydrogen-bond donors (Lipinski definition) is 1. The number of rotatable bonds is 3. The zero-order valence-corrected chi connectivity index (χ0v) is 14.5. The van der Waals surface area contributed by atoms with E-state index in [2.05, 4.69) is 87.4 Å². The molecule has 0 heterocycles. The summed E-state index contributed by atoms with van der Waals surface area (Å²) in [6.07, 6.45) is 0. The van der Waals surface area contributed by atoms with Crippen LogP contribution in [0.5, 0.6) is 0 Å². The number of benzene rings is 2. The van der Waals surface area contributed by atoms with Crippen molar-refractivity contribution in [1.82, 2.24) is 5.32 Å². The minimum absolute atomic E-state index is 0.186. The molecule has 0 aliphatic heterocycles. The van der Waals surface area contributed by atoms with E-state index >= 15 is 0 Å². The quantitative estimate of drug-likeness (QED) is 0.775. The lowest BCUT2D eigenvalue weighted by molar-refractivity contribution is 0.687. The van der Waals surface area contributed by atoms with Crippen LogP contribution >= 0.6 is 31.9 Å². The molecule has 0 aliphatic rings. The molecule has 3 heteroatoms. The lowest BCUT2D eigenvalue weighted by Crippen LogP contribution is -2.18. The topological polar surface area (TPSA) is 12.0 Å². The van der Waals surface area contributed by atoms with Crippen LogP contribution in [0.25, 0.3) is 0 Å². The van der Waals surface area contributed by atoms with Crippen LogP contribution in [-0.2, 0) is 0 Å². The first-order valence-corrected chi connectivity index (χ1v) is 7.81. The van der Waals surface area contributed by atoms with E-state index in [4.69, 9.17) is 0 Å². The molecular formula is C16H17Br2N. The lowest BCUT2D eigenvalue weighted by Gasteiger charge is -2.20. The molecule has 100 valence electrons. The molecule has 1 N–H and O–H groups in total. The Morgan fingerprint density at radius 2 is 1.74 bits per heavy atom. The predicted octanol–water partition coefficient (Wildman–Crippen LogP) is 5.14. The van der Waals surface area contributed by atoms with Crippen LogP contribution in [0.4, 0.5) is 0 Å². The molecule has 0 aromatic heterocycles. The Balaban J connectivity index is 2.51. The molecule has 0 spiro atoms. The number of nitrogens with one attached hydrogen (secondary N) is 1. The predicted molar refractivity (Wildman–Crippen MR) is 88.7 cm³/mol. The summed E-state index contributed by atoms with van der Waals surface area (Å²) in [4.78, 5) is 0. The van der Waals surface area contributed by atoms with Gasteiger partial charge in [0, 0.05) is 8.95 Å². The van der Waals surface area contributed by atoms with Crippen molar-refractivity contribution in [2.45, 2.75) is 19.9 Å². The van der Waals surface area contributed by atoms with Gasteiger partial charge in [-0.25, -0.2) is 0 Å². The highest BCUT2D eigenvalue weighted by Crippen LogP contribution is 2.33. The molecule has 19 heavy (non-hydrogen) atoms. The summed E-state index contributed by atoms with van der Waals surface area (Å²) in [5.41, 5.74) is 5.03.